The third-order valence-corrected chi connectivity index (χ3v) is 10.7. The van der Waals surface area contributed by atoms with Gasteiger partial charge >= 0.3 is 6.03 Å². The van der Waals surface area contributed by atoms with Gasteiger partial charge in [0, 0.05) is 48.8 Å². The zero-order chi connectivity index (χ0) is 32.3. The highest BCUT2D eigenvalue weighted by molar-refractivity contribution is 8.00. The van der Waals surface area contributed by atoms with Crippen LogP contribution in [0, 0.1) is 11.8 Å². The predicted octanol–water partition coefficient (Wildman–Crippen LogP) is 5.32. The van der Waals surface area contributed by atoms with Gasteiger partial charge in [0.1, 0.15) is 0 Å². The molecule has 5 N–H and O–H groups in total. The van der Waals surface area contributed by atoms with Crippen LogP contribution >= 0.6 is 11.8 Å². The van der Waals surface area contributed by atoms with Crippen molar-refractivity contribution in [2.45, 2.75) is 140 Å². The minimum Gasteiger partial charge on any atom is -0.389 e. The Morgan fingerprint density at radius 2 is 1.58 bits per heavy atom. The van der Waals surface area contributed by atoms with Crippen molar-refractivity contribution < 1.29 is 24.3 Å². The first-order chi connectivity index (χ1) is 21.9. The maximum Gasteiger partial charge on any atom is 0.315 e. The van der Waals surface area contributed by atoms with E-state index in [1.165, 1.54) is 0 Å². The van der Waals surface area contributed by atoms with E-state index in [4.69, 9.17) is 0 Å². The lowest BCUT2D eigenvalue weighted by atomic mass is 9.88. The molecular formula is C35H58N4O5S. The van der Waals surface area contributed by atoms with Crippen LogP contribution in [-0.4, -0.2) is 71.0 Å². The molecule has 9 nitrogen and oxygen atoms in total. The monoisotopic (exact) mass is 646 g/mol. The molecule has 0 aromatic rings. The molecule has 2 heterocycles. The van der Waals surface area contributed by atoms with Gasteiger partial charge in [-0.1, -0.05) is 70.1 Å². The summed E-state index contributed by atoms with van der Waals surface area (Å²) in [7, 11) is 0. The number of rotatable bonds is 24. The summed E-state index contributed by atoms with van der Waals surface area (Å²) in [6.45, 7) is 3.49. The highest BCUT2D eigenvalue weighted by Gasteiger charge is 2.42. The van der Waals surface area contributed by atoms with Gasteiger partial charge in [-0.15, -0.1) is 0 Å². The fourth-order valence-electron chi connectivity index (χ4n) is 6.48. The molecule has 1 aliphatic carbocycles. The van der Waals surface area contributed by atoms with Crippen molar-refractivity contribution in [3.05, 3.63) is 24.3 Å². The highest BCUT2D eigenvalue weighted by atomic mass is 32.2. The molecule has 0 spiro atoms. The summed E-state index contributed by atoms with van der Waals surface area (Å²) < 4.78 is 0. The molecule has 2 fully saturated rings. The van der Waals surface area contributed by atoms with Crippen LogP contribution in [0.2, 0.25) is 0 Å². The number of urea groups is 1. The molecule has 4 amide bonds. The maximum absolute atomic E-state index is 12.3. The Morgan fingerprint density at radius 3 is 2.31 bits per heavy atom. The SMILES string of the molecule is CCCCC[C@H](O)/C=C/[C@H]1C=CC(=O)[C@@H]1CCCCCCC(=O)NCCCCCNC(=O)CCCC[C@@H]1SC[C@@H]2NC(=O)N[C@@H]21. The highest BCUT2D eigenvalue weighted by Crippen LogP contribution is 2.33. The van der Waals surface area contributed by atoms with E-state index in [2.05, 4.69) is 28.2 Å². The van der Waals surface area contributed by atoms with E-state index in [0.717, 1.165) is 102 Å². The standard InChI is InChI=1S/C35H58N4O5S/c1-2-3-7-14-27(40)21-19-26-20-22-30(41)28(26)15-8-4-5-9-17-32(42)36-23-12-6-13-24-37-33(43)18-11-10-16-31-34-29(25-45-31)38-35(44)39-34/h19-22,26-29,31,34,40H,2-18,23-25H2,1H3,(H,36,42)(H,37,43)(H2,38,39,44)/b21-19+/t26-,27-,28+,29-,31-,34-/m0/s1. The molecular weight excluding hydrogens is 588 g/mol. The number of aliphatic hydroxyl groups is 1. The van der Waals surface area contributed by atoms with E-state index >= 15 is 0 Å². The molecule has 0 unspecified atom stereocenters. The van der Waals surface area contributed by atoms with Crippen molar-refractivity contribution in [1.82, 2.24) is 21.3 Å². The number of carbonyl (C=O) groups excluding carboxylic acids is 4. The number of fused-ring (bicyclic) bond motifs is 1. The molecule has 0 bridgehead atoms. The molecule has 0 radical (unpaired) electrons. The fourth-order valence-corrected chi connectivity index (χ4v) is 8.02. The van der Waals surface area contributed by atoms with Crippen LogP contribution in [0.1, 0.15) is 116 Å². The molecule has 0 saturated carbocycles. The lowest BCUT2D eigenvalue weighted by Crippen LogP contribution is -2.36. The second kappa shape index (κ2) is 21.5. The fraction of sp³-hybridized carbons (Fsp3) is 0.771. The largest absolute Gasteiger partial charge is 0.389 e. The Labute approximate surface area is 275 Å². The van der Waals surface area contributed by atoms with E-state index in [1.807, 2.05) is 30.0 Å². The average molecular weight is 647 g/mol. The molecule has 6 atom stereocenters. The van der Waals surface area contributed by atoms with Gasteiger partial charge in [0.05, 0.1) is 18.2 Å². The molecule has 2 saturated heterocycles. The van der Waals surface area contributed by atoms with Crippen LogP contribution in [0.4, 0.5) is 4.79 Å². The van der Waals surface area contributed by atoms with Crippen LogP contribution in [0.15, 0.2) is 24.3 Å². The quantitative estimate of drug-likeness (QED) is 0.0547. The van der Waals surface area contributed by atoms with Crippen LogP contribution < -0.4 is 21.3 Å². The van der Waals surface area contributed by atoms with Gasteiger partial charge in [-0.3, -0.25) is 14.4 Å². The molecule has 0 aromatic carbocycles. The third-order valence-electron chi connectivity index (χ3n) is 9.22. The van der Waals surface area contributed by atoms with Gasteiger partial charge in [0.15, 0.2) is 5.78 Å². The molecule has 10 heteroatoms. The van der Waals surface area contributed by atoms with Crippen LogP contribution in [0.25, 0.3) is 0 Å². The topological polar surface area (TPSA) is 137 Å². The second-order valence-corrected chi connectivity index (χ2v) is 14.2. The minimum atomic E-state index is -0.431. The number of thioether (sulfide) groups is 1. The first-order valence-electron chi connectivity index (χ1n) is 17.7. The van der Waals surface area contributed by atoms with Gasteiger partial charge in [0.25, 0.3) is 0 Å². The van der Waals surface area contributed by atoms with Gasteiger partial charge in [0.2, 0.25) is 11.8 Å². The number of hydrogen-bond acceptors (Lipinski definition) is 6. The van der Waals surface area contributed by atoms with Gasteiger partial charge in [-0.25, -0.2) is 4.79 Å². The number of nitrogens with one attached hydrogen (secondary N) is 4. The first kappa shape index (κ1) is 37.1. The average Bonchev–Trinajstić information content (AvgIpc) is 3.69. The van der Waals surface area contributed by atoms with Crippen molar-refractivity contribution >= 4 is 35.4 Å². The zero-order valence-electron chi connectivity index (χ0n) is 27.4. The second-order valence-electron chi connectivity index (χ2n) is 13.0. The third kappa shape index (κ3) is 14.3. The summed E-state index contributed by atoms with van der Waals surface area (Å²) >= 11 is 1.91. The van der Waals surface area contributed by atoms with E-state index in [1.54, 1.807) is 6.08 Å². The smallest absolute Gasteiger partial charge is 0.315 e. The number of unbranched alkanes of at least 4 members (excludes halogenated alkanes) is 8. The summed E-state index contributed by atoms with van der Waals surface area (Å²) in [4.78, 5) is 48.1. The summed E-state index contributed by atoms with van der Waals surface area (Å²) in [6.07, 6.45) is 22.6. The zero-order valence-corrected chi connectivity index (χ0v) is 28.2. The van der Waals surface area contributed by atoms with Crippen LogP contribution in [0.3, 0.4) is 0 Å². The summed E-state index contributed by atoms with van der Waals surface area (Å²) in [5.74, 6) is 1.43. The summed E-state index contributed by atoms with van der Waals surface area (Å²) in [5.41, 5.74) is 0. The van der Waals surface area contributed by atoms with Crippen molar-refractivity contribution in [3.63, 3.8) is 0 Å². The van der Waals surface area contributed by atoms with Crippen molar-refractivity contribution in [2.24, 2.45) is 11.8 Å². The number of hydrogen-bond donors (Lipinski definition) is 5. The number of carbonyl (C=O) groups is 4. The van der Waals surface area contributed by atoms with Crippen molar-refractivity contribution in [1.29, 1.82) is 0 Å². The maximum atomic E-state index is 12.3. The lowest BCUT2D eigenvalue weighted by Gasteiger charge is -2.16. The van der Waals surface area contributed by atoms with Crippen LogP contribution in [0.5, 0.6) is 0 Å². The summed E-state index contributed by atoms with van der Waals surface area (Å²) in [6, 6.07) is 0.429. The lowest BCUT2D eigenvalue weighted by molar-refractivity contribution is -0.121. The molecule has 254 valence electrons. The van der Waals surface area contributed by atoms with E-state index in [0.29, 0.717) is 31.2 Å². The number of allylic oxidation sites excluding steroid dienone is 3. The summed E-state index contributed by atoms with van der Waals surface area (Å²) in [5, 5.41) is 22.6. The Balaban J connectivity index is 1.09. The van der Waals surface area contributed by atoms with Gasteiger partial charge in [-0.2, -0.15) is 11.8 Å². The molecule has 2 aliphatic heterocycles. The first-order valence-corrected chi connectivity index (χ1v) is 18.7. The van der Waals surface area contributed by atoms with Gasteiger partial charge in [-0.05, 0) is 57.4 Å². The van der Waals surface area contributed by atoms with E-state index in [-0.39, 0.29) is 47.5 Å². The predicted molar refractivity (Wildman–Crippen MR) is 182 cm³/mol. The Morgan fingerprint density at radius 1 is 0.911 bits per heavy atom. The number of aliphatic hydroxyl groups excluding tert-OH is 1. The van der Waals surface area contributed by atoms with Crippen molar-refractivity contribution in [2.75, 3.05) is 18.8 Å². The molecule has 3 aliphatic rings. The molecule has 0 aromatic heterocycles. The molecule has 3 rings (SSSR count). The molecule has 45 heavy (non-hydrogen) atoms. The minimum absolute atomic E-state index is 0.0167. The van der Waals surface area contributed by atoms with Gasteiger partial charge < -0.3 is 26.4 Å². The Hall–Kier alpha value is -2.33. The normalized spacial score (nSPS) is 24.5. The van der Waals surface area contributed by atoms with Crippen molar-refractivity contribution in [3.8, 4) is 0 Å². The van der Waals surface area contributed by atoms with E-state index in [9.17, 15) is 24.3 Å². The Bertz CT molecular complexity index is 989. The number of ketones is 1. The van der Waals surface area contributed by atoms with Crippen LogP contribution in [-0.2, 0) is 14.4 Å². The van der Waals surface area contributed by atoms with E-state index < -0.39 is 6.10 Å². The number of amides is 4. The Kier molecular flexibility index (Phi) is 17.7.